The van der Waals surface area contributed by atoms with Gasteiger partial charge in [-0.2, -0.15) is 5.10 Å². The first kappa shape index (κ1) is 15.8. The summed E-state index contributed by atoms with van der Waals surface area (Å²) in [6, 6.07) is 9.21. The van der Waals surface area contributed by atoms with Gasteiger partial charge in [0.1, 0.15) is 11.9 Å². The molecule has 1 aliphatic heterocycles. The van der Waals surface area contributed by atoms with E-state index in [0.29, 0.717) is 5.82 Å². The van der Waals surface area contributed by atoms with E-state index in [9.17, 15) is 9.59 Å². The molecule has 1 aliphatic carbocycles. The number of hydrogen-bond acceptors (Lipinski definition) is 4. The zero-order valence-corrected chi connectivity index (χ0v) is 14.2. The van der Waals surface area contributed by atoms with Crippen LogP contribution in [0.3, 0.4) is 0 Å². The molecule has 0 radical (unpaired) electrons. The van der Waals surface area contributed by atoms with Crippen LogP contribution in [0.1, 0.15) is 38.4 Å². The number of benzene rings is 1. The number of nitrogens with one attached hydrogen (secondary N) is 1. The van der Waals surface area contributed by atoms with E-state index in [-0.39, 0.29) is 24.4 Å². The van der Waals surface area contributed by atoms with E-state index >= 15 is 0 Å². The van der Waals surface area contributed by atoms with Gasteiger partial charge in [-0.3, -0.25) is 9.69 Å². The van der Waals surface area contributed by atoms with Gasteiger partial charge in [0.05, 0.1) is 12.2 Å². The third-order valence-corrected chi connectivity index (χ3v) is 5.39. The van der Waals surface area contributed by atoms with Crippen molar-refractivity contribution in [2.75, 3.05) is 0 Å². The van der Waals surface area contributed by atoms with Gasteiger partial charge in [-0.05, 0) is 37.8 Å². The van der Waals surface area contributed by atoms with Crippen molar-refractivity contribution in [1.82, 2.24) is 25.0 Å². The van der Waals surface area contributed by atoms with Crippen molar-refractivity contribution < 1.29 is 9.59 Å². The van der Waals surface area contributed by atoms with Crippen LogP contribution < -0.4 is 5.32 Å². The van der Waals surface area contributed by atoms with Crippen molar-refractivity contribution in [2.24, 2.45) is 5.92 Å². The van der Waals surface area contributed by atoms with Crippen LogP contribution in [0.5, 0.6) is 0 Å². The second kappa shape index (κ2) is 5.98. The molecule has 7 heteroatoms. The molecule has 25 heavy (non-hydrogen) atoms. The van der Waals surface area contributed by atoms with Crippen molar-refractivity contribution >= 4 is 11.9 Å². The summed E-state index contributed by atoms with van der Waals surface area (Å²) in [4.78, 5) is 31.0. The normalized spacial score (nSPS) is 24.1. The molecule has 1 atom stereocenters. The van der Waals surface area contributed by atoms with Gasteiger partial charge in [-0.15, -0.1) is 0 Å². The van der Waals surface area contributed by atoms with Gasteiger partial charge in [-0.1, -0.05) is 31.0 Å². The Morgan fingerprint density at radius 2 is 1.92 bits per heavy atom. The van der Waals surface area contributed by atoms with Crippen LogP contribution in [0, 0.1) is 5.92 Å². The maximum atomic E-state index is 13.0. The molecule has 130 valence electrons. The lowest BCUT2D eigenvalue weighted by Crippen LogP contribution is -2.49. The van der Waals surface area contributed by atoms with Crippen molar-refractivity contribution in [3.8, 4) is 5.69 Å². The smallest absolute Gasteiger partial charge is 0.323 e. The summed E-state index contributed by atoms with van der Waals surface area (Å²) in [5.41, 5.74) is 0.0474. The summed E-state index contributed by atoms with van der Waals surface area (Å²) in [6.45, 7) is 1.97. The second-order valence-corrected chi connectivity index (χ2v) is 6.93. The van der Waals surface area contributed by atoms with Gasteiger partial charge in [-0.25, -0.2) is 14.5 Å². The number of carbonyl (C=O) groups is 2. The van der Waals surface area contributed by atoms with Crippen LogP contribution in [0.15, 0.2) is 36.7 Å². The average molecular weight is 339 g/mol. The Morgan fingerprint density at radius 1 is 1.20 bits per heavy atom. The van der Waals surface area contributed by atoms with E-state index in [1.165, 1.54) is 11.2 Å². The highest BCUT2D eigenvalue weighted by Gasteiger charge is 2.52. The molecular formula is C18H21N5O2. The summed E-state index contributed by atoms with van der Waals surface area (Å²) < 4.78 is 1.66. The molecule has 3 amide bonds. The standard InChI is InChI=1S/C18H21N5O2/c1-18(13-7-5-6-8-13)16(24)22(17(25)21-18)11-15-19-12-20-23(15)14-9-3-2-4-10-14/h2-4,9-10,12-13H,5-8,11H2,1H3,(H,21,25). The number of hydrogen-bond donors (Lipinski definition) is 1. The van der Waals surface area contributed by atoms with E-state index in [2.05, 4.69) is 15.4 Å². The predicted molar refractivity (Wildman–Crippen MR) is 90.8 cm³/mol. The maximum Gasteiger partial charge on any atom is 0.325 e. The molecule has 1 saturated carbocycles. The lowest BCUT2D eigenvalue weighted by atomic mass is 9.84. The van der Waals surface area contributed by atoms with Crippen molar-refractivity contribution in [3.63, 3.8) is 0 Å². The van der Waals surface area contributed by atoms with Gasteiger partial charge in [0.2, 0.25) is 0 Å². The average Bonchev–Trinajstić information content (AvgIpc) is 3.34. The molecule has 0 bridgehead atoms. The highest BCUT2D eigenvalue weighted by molar-refractivity contribution is 6.06. The van der Waals surface area contributed by atoms with Gasteiger partial charge in [0, 0.05) is 0 Å². The summed E-state index contributed by atoms with van der Waals surface area (Å²) in [5, 5.41) is 7.15. The Balaban J connectivity index is 1.59. The number of imide groups is 1. The van der Waals surface area contributed by atoms with Gasteiger partial charge < -0.3 is 5.32 Å². The molecule has 0 spiro atoms. The third-order valence-electron chi connectivity index (χ3n) is 5.39. The molecule has 1 N–H and O–H groups in total. The number of aromatic nitrogens is 3. The summed E-state index contributed by atoms with van der Waals surface area (Å²) in [6.07, 6.45) is 5.64. The fourth-order valence-corrected chi connectivity index (χ4v) is 3.94. The Bertz CT molecular complexity index is 797. The zero-order valence-electron chi connectivity index (χ0n) is 14.2. The number of amides is 3. The first-order chi connectivity index (χ1) is 12.1. The molecule has 1 aromatic heterocycles. The lowest BCUT2D eigenvalue weighted by molar-refractivity contribution is -0.133. The quantitative estimate of drug-likeness (QED) is 0.867. The summed E-state index contributed by atoms with van der Waals surface area (Å²) in [7, 11) is 0. The molecule has 1 unspecified atom stereocenters. The van der Waals surface area contributed by atoms with E-state index in [0.717, 1.165) is 31.4 Å². The highest BCUT2D eigenvalue weighted by Crippen LogP contribution is 2.37. The van der Waals surface area contributed by atoms with Gasteiger partial charge in [0.25, 0.3) is 5.91 Å². The molecule has 2 aliphatic rings. The molecule has 1 saturated heterocycles. The van der Waals surface area contributed by atoms with Crippen molar-refractivity contribution in [1.29, 1.82) is 0 Å². The van der Waals surface area contributed by atoms with E-state index in [4.69, 9.17) is 0 Å². The minimum atomic E-state index is -0.800. The van der Waals surface area contributed by atoms with Crippen LogP contribution in [0.2, 0.25) is 0 Å². The fourth-order valence-electron chi connectivity index (χ4n) is 3.94. The first-order valence-electron chi connectivity index (χ1n) is 8.68. The van der Waals surface area contributed by atoms with Crippen LogP contribution in [0.25, 0.3) is 5.69 Å². The first-order valence-corrected chi connectivity index (χ1v) is 8.68. The number of carbonyl (C=O) groups excluding carboxylic acids is 2. The molecule has 2 aromatic rings. The number of rotatable bonds is 4. The number of urea groups is 1. The number of nitrogens with zero attached hydrogens (tertiary/aromatic N) is 4. The minimum Gasteiger partial charge on any atom is -0.323 e. The van der Waals surface area contributed by atoms with Gasteiger partial charge >= 0.3 is 6.03 Å². The second-order valence-electron chi connectivity index (χ2n) is 6.93. The highest BCUT2D eigenvalue weighted by atomic mass is 16.2. The van der Waals surface area contributed by atoms with Crippen molar-refractivity contribution in [2.45, 2.75) is 44.7 Å². The molecule has 2 fully saturated rings. The molecule has 1 aromatic carbocycles. The van der Waals surface area contributed by atoms with E-state index in [1.807, 2.05) is 37.3 Å². The third kappa shape index (κ3) is 2.59. The number of para-hydroxylation sites is 1. The fraction of sp³-hybridized carbons (Fsp3) is 0.444. The molecule has 4 rings (SSSR count). The SMILES string of the molecule is CC1(C2CCCC2)NC(=O)N(Cc2ncnn2-c2ccccc2)C1=O. The predicted octanol–water partition coefficient (Wildman–Crippen LogP) is 2.27. The Hall–Kier alpha value is -2.70. The van der Waals surface area contributed by atoms with E-state index in [1.54, 1.807) is 4.68 Å². The Labute approximate surface area is 146 Å². The van der Waals surface area contributed by atoms with Crippen LogP contribution in [-0.4, -0.2) is 37.1 Å². The summed E-state index contributed by atoms with van der Waals surface area (Å²) in [5.74, 6) is 0.610. The van der Waals surface area contributed by atoms with Crippen molar-refractivity contribution in [3.05, 3.63) is 42.5 Å². The van der Waals surface area contributed by atoms with Crippen LogP contribution >= 0.6 is 0 Å². The zero-order chi connectivity index (χ0) is 17.4. The van der Waals surface area contributed by atoms with E-state index < -0.39 is 5.54 Å². The van der Waals surface area contributed by atoms with Crippen LogP contribution in [0.4, 0.5) is 4.79 Å². The topological polar surface area (TPSA) is 80.1 Å². The largest absolute Gasteiger partial charge is 0.325 e. The monoisotopic (exact) mass is 339 g/mol. The maximum absolute atomic E-state index is 13.0. The lowest BCUT2D eigenvalue weighted by Gasteiger charge is -2.28. The minimum absolute atomic E-state index is 0.113. The Morgan fingerprint density at radius 3 is 2.64 bits per heavy atom. The summed E-state index contributed by atoms with van der Waals surface area (Å²) >= 11 is 0. The Kier molecular flexibility index (Phi) is 3.78. The van der Waals surface area contributed by atoms with Gasteiger partial charge in [0.15, 0.2) is 5.82 Å². The molecular weight excluding hydrogens is 318 g/mol. The molecule has 2 heterocycles. The van der Waals surface area contributed by atoms with Crippen LogP contribution in [-0.2, 0) is 11.3 Å². The molecule has 7 nitrogen and oxygen atoms in total.